The third-order valence-corrected chi connectivity index (χ3v) is 14.4. The van der Waals surface area contributed by atoms with E-state index >= 15 is 0 Å². The summed E-state index contributed by atoms with van der Waals surface area (Å²) in [6, 6.07) is 0. The molecule has 4 rings (SSSR count). The van der Waals surface area contributed by atoms with Gasteiger partial charge in [-0.15, -0.1) is 0 Å². The van der Waals surface area contributed by atoms with Gasteiger partial charge in [-0.25, -0.2) is 0 Å². The highest BCUT2D eigenvalue weighted by Crippen LogP contribution is 2.67. The number of carbonyl (C=O) groups excluding carboxylic acids is 1. The molecule has 35 heavy (non-hydrogen) atoms. The van der Waals surface area contributed by atoms with Crippen molar-refractivity contribution in [3.63, 3.8) is 0 Å². The molecule has 0 amide bonds. The first-order valence-electron chi connectivity index (χ1n) is 15.0. The van der Waals surface area contributed by atoms with E-state index in [-0.39, 0.29) is 4.83 Å². The Morgan fingerprint density at radius 2 is 1.77 bits per heavy atom. The highest BCUT2D eigenvalue weighted by atomic mass is 79.9. The molecule has 0 bridgehead atoms. The van der Waals surface area contributed by atoms with Gasteiger partial charge in [-0.2, -0.15) is 0 Å². The second kappa shape index (κ2) is 11.2. The van der Waals surface area contributed by atoms with Crippen LogP contribution >= 0.6 is 27.7 Å². The van der Waals surface area contributed by atoms with E-state index in [9.17, 15) is 4.79 Å². The Morgan fingerprint density at radius 1 is 1.03 bits per heavy atom. The van der Waals surface area contributed by atoms with Gasteiger partial charge in [-0.05, 0) is 104 Å². The molecule has 4 aliphatic rings. The van der Waals surface area contributed by atoms with Crippen LogP contribution in [0.15, 0.2) is 11.6 Å². The van der Waals surface area contributed by atoms with Crippen LogP contribution in [0.3, 0.4) is 0 Å². The van der Waals surface area contributed by atoms with E-state index in [1.807, 2.05) is 0 Å². The zero-order chi connectivity index (χ0) is 25.5. The standard InChI is InChI=1S/C32H53BrOS/c1-20(2)9-8-10-22(5)26-13-14-27-25-12-11-23-19-24(35-30(34)29(33)21(3)4)15-17-31(23,6)28(25)16-18-32(26,27)7/h11,20-22,24-29H,8-10,12-19H2,1-7H3/t22-,24-,25-,26-,27+,28-,29-,31-,32+/m0/s1. The molecule has 200 valence electrons. The molecule has 0 aromatic heterocycles. The summed E-state index contributed by atoms with van der Waals surface area (Å²) in [6.07, 6.45) is 17.7. The maximum atomic E-state index is 12.8. The molecular weight excluding hydrogens is 512 g/mol. The lowest BCUT2D eigenvalue weighted by atomic mass is 9.47. The average Bonchev–Trinajstić information content (AvgIpc) is 3.15. The SMILES string of the molecule is CC(C)CCC[C@H](C)[C@@H]1CC[C@@H]2[C@@H]3CC=C4C[C@@H](SC(=O)[C@@H](Br)C(C)C)CC[C@]4(C)[C@H]3CC[C@@]21C. The maximum absolute atomic E-state index is 12.8. The summed E-state index contributed by atoms with van der Waals surface area (Å²) in [7, 11) is 0. The Morgan fingerprint density at radius 3 is 2.46 bits per heavy atom. The monoisotopic (exact) mass is 564 g/mol. The van der Waals surface area contributed by atoms with Crippen molar-refractivity contribution in [3.05, 3.63) is 11.6 Å². The number of alkyl halides is 1. The lowest BCUT2D eigenvalue weighted by Crippen LogP contribution is -2.50. The van der Waals surface area contributed by atoms with E-state index in [2.05, 4.69) is 70.5 Å². The van der Waals surface area contributed by atoms with Crippen molar-refractivity contribution in [2.24, 2.45) is 52.3 Å². The summed E-state index contributed by atoms with van der Waals surface area (Å²) < 4.78 is 0. The molecule has 0 spiro atoms. The number of halogens is 1. The average molecular weight is 566 g/mol. The fourth-order valence-electron chi connectivity index (χ4n) is 9.25. The van der Waals surface area contributed by atoms with Crippen LogP contribution in [0.25, 0.3) is 0 Å². The van der Waals surface area contributed by atoms with Gasteiger partial charge in [0.05, 0.1) is 4.83 Å². The van der Waals surface area contributed by atoms with Gasteiger partial charge in [0.1, 0.15) is 0 Å². The highest BCUT2D eigenvalue weighted by Gasteiger charge is 2.59. The van der Waals surface area contributed by atoms with Crippen LogP contribution in [-0.2, 0) is 4.79 Å². The number of thioether (sulfide) groups is 1. The molecule has 9 atom stereocenters. The number of hydrogen-bond donors (Lipinski definition) is 0. The molecule has 3 saturated carbocycles. The van der Waals surface area contributed by atoms with Crippen molar-refractivity contribution in [2.75, 3.05) is 0 Å². The molecular formula is C32H53BrOS. The van der Waals surface area contributed by atoms with E-state index in [0.717, 1.165) is 41.9 Å². The van der Waals surface area contributed by atoms with Crippen molar-refractivity contribution < 1.29 is 4.79 Å². The zero-order valence-electron chi connectivity index (χ0n) is 23.7. The summed E-state index contributed by atoms with van der Waals surface area (Å²) in [5, 5.41) is 0.824. The minimum Gasteiger partial charge on any atom is -0.286 e. The van der Waals surface area contributed by atoms with Crippen molar-refractivity contribution in [2.45, 2.75) is 129 Å². The maximum Gasteiger partial charge on any atom is 0.203 e. The molecule has 0 heterocycles. The normalized spacial score (nSPS) is 40.6. The van der Waals surface area contributed by atoms with E-state index in [4.69, 9.17) is 0 Å². The topological polar surface area (TPSA) is 17.1 Å². The van der Waals surface area contributed by atoms with Gasteiger partial charge in [0, 0.05) is 5.25 Å². The van der Waals surface area contributed by atoms with Crippen LogP contribution in [0, 0.1) is 52.3 Å². The van der Waals surface area contributed by atoms with E-state index in [1.165, 1.54) is 64.2 Å². The predicted octanol–water partition coefficient (Wildman–Crippen LogP) is 10.1. The van der Waals surface area contributed by atoms with Gasteiger partial charge in [0.15, 0.2) is 0 Å². The summed E-state index contributed by atoms with van der Waals surface area (Å²) in [5.74, 6) is 5.74. The molecule has 4 aliphatic carbocycles. The summed E-state index contributed by atoms with van der Waals surface area (Å²) >= 11 is 5.28. The molecule has 0 aliphatic heterocycles. The van der Waals surface area contributed by atoms with Crippen LogP contribution < -0.4 is 0 Å². The molecule has 0 aromatic carbocycles. The Hall–Kier alpha value is 0.240. The minimum atomic E-state index is -0.00961. The third-order valence-electron chi connectivity index (χ3n) is 11.4. The van der Waals surface area contributed by atoms with E-state index in [0.29, 0.717) is 27.1 Å². The van der Waals surface area contributed by atoms with Gasteiger partial charge in [-0.1, -0.05) is 107 Å². The van der Waals surface area contributed by atoms with Gasteiger partial charge in [0.2, 0.25) is 5.12 Å². The predicted molar refractivity (Wildman–Crippen MR) is 157 cm³/mol. The van der Waals surface area contributed by atoms with Crippen molar-refractivity contribution in [1.29, 1.82) is 0 Å². The van der Waals surface area contributed by atoms with Crippen LogP contribution in [-0.4, -0.2) is 15.2 Å². The molecule has 3 fully saturated rings. The number of fused-ring (bicyclic) bond motifs is 5. The van der Waals surface area contributed by atoms with Crippen LogP contribution in [0.2, 0.25) is 0 Å². The molecule has 0 radical (unpaired) electrons. The lowest BCUT2D eigenvalue weighted by Gasteiger charge is -2.58. The van der Waals surface area contributed by atoms with Crippen molar-refractivity contribution in [3.8, 4) is 0 Å². The largest absolute Gasteiger partial charge is 0.286 e. The Labute approximate surface area is 229 Å². The van der Waals surface area contributed by atoms with Gasteiger partial charge in [0.25, 0.3) is 0 Å². The molecule has 0 saturated heterocycles. The highest BCUT2D eigenvalue weighted by molar-refractivity contribution is 9.10. The van der Waals surface area contributed by atoms with Crippen molar-refractivity contribution in [1.82, 2.24) is 0 Å². The van der Waals surface area contributed by atoms with Crippen LogP contribution in [0.1, 0.15) is 119 Å². The second-order valence-corrected chi connectivity index (χ2v) is 16.5. The van der Waals surface area contributed by atoms with E-state index < -0.39 is 0 Å². The Bertz CT molecular complexity index is 788. The van der Waals surface area contributed by atoms with Gasteiger partial charge < -0.3 is 0 Å². The molecule has 3 heteroatoms. The molecule has 0 aromatic rings. The smallest absolute Gasteiger partial charge is 0.203 e. The first-order valence-corrected chi connectivity index (χ1v) is 16.8. The summed E-state index contributed by atoms with van der Waals surface area (Å²) in [4.78, 5) is 12.8. The zero-order valence-corrected chi connectivity index (χ0v) is 26.1. The number of rotatable bonds is 8. The first-order chi connectivity index (χ1) is 16.5. The van der Waals surface area contributed by atoms with Gasteiger partial charge in [-0.3, -0.25) is 4.79 Å². The molecule has 1 nitrogen and oxygen atoms in total. The third kappa shape index (κ3) is 5.53. The van der Waals surface area contributed by atoms with Crippen LogP contribution in [0.5, 0.6) is 0 Å². The fraction of sp³-hybridized carbons (Fsp3) is 0.906. The second-order valence-electron chi connectivity index (χ2n) is 14.2. The Balaban J connectivity index is 1.43. The number of carbonyl (C=O) groups is 1. The first kappa shape index (κ1) is 28.3. The fourth-order valence-corrected chi connectivity index (χ4v) is 10.8. The summed E-state index contributed by atoms with van der Waals surface area (Å²) in [5.41, 5.74) is 2.67. The number of hydrogen-bond acceptors (Lipinski definition) is 2. The minimum absolute atomic E-state index is 0.00961. The quantitative estimate of drug-likeness (QED) is 0.215. The van der Waals surface area contributed by atoms with Gasteiger partial charge >= 0.3 is 0 Å². The van der Waals surface area contributed by atoms with Crippen molar-refractivity contribution >= 4 is 32.8 Å². The van der Waals surface area contributed by atoms with E-state index in [1.54, 1.807) is 17.3 Å². The Kier molecular flexibility index (Phi) is 9.00. The van der Waals surface area contributed by atoms with Crippen LogP contribution in [0.4, 0.5) is 0 Å². The lowest BCUT2D eigenvalue weighted by molar-refractivity contribution is -0.111. The molecule has 0 unspecified atom stereocenters. The summed E-state index contributed by atoms with van der Waals surface area (Å²) in [6.45, 7) is 16.9. The number of allylic oxidation sites excluding steroid dienone is 2. The molecule has 0 N–H and O–H groups in total.